The first-order chi connectivity index (χ1) is 11.1. The van der Waals surface area contributed by atoms with Crippen LogP contribution in [0.3, 0.4) is 0 Å². The summed E-state index contributed by atoms with van der Waals surface area (Å²) in [5, 5.41) is 10.2. The Morgan fingerprint density at radius 1 is 0.696 bits per heavy atom. The fraction of sp³-hybridized carbons (Fsp3) is 0.333. The normalized spacial score (nSPS) is 10.5. The van der Waals surface area contributed by atoms with E-state index in [4.69, 9.17) is 11.5 Å². The molecular formula is C18H27N5. The Bertz CT molecular complexity index is 584. The van der Waals surface area contributed by atoms with Crippen molar-refractivity contribution in [1.29, 1.82) is 0 Å². The van der Waals surface area contributed by atoms with E-state index in [1.807, 2.05) is 38.1 Å². The average Bonchev–Trinajstić information content (AvgIpc) is 2.53. The molecule has 0 bridgehead atoms. The van der Waals surface area contributed by atoms with E-state index < -0.39 is 0 Å². The predicted octanol–water partition coefficient (Wildman–Crippen LogP) is 2.58. The maximum Gasteiger partial charge on any atom is 0.0345 e. The molecule has 0 saturated heterocycles. The first-order valence-electron chi connectivity index (χ1n) is 7.97. The summed E-state index contributed by atoms with van der Waals surface area (Å²) in [6.45, 7) is 7.61. The smallest absolute Gasteiger partial charge is 0.0345 e. The van der Waals surface area contributed by atoms with Gasteiger partial charge in [0.1, 0.15) is 0 Å². The van der Waals surface area contributed by atoms with E-state index in [9.17, 15) is 0 Å². The highest BCUT2D eigenvalue weighted by Gasteiger charge is 1.97. The molecular weight excluding hydrogens is 286 g/mol. The van der Waals surface area contributed by atoms with Crippen LogP contribution < -0.4 is 27.4 Å². The highest BCUT2D eigenvalue weighted by molar-refractivity contribution is 5.57. The number of nitrogens with one attached hydrogen (secondary N) is 3. The molecule has 0 unspecified atom stereocenters. The van der Waals surface area contributed by atoms with Crippen LogP contribution in [-0.2, 0) is 0 Å². The molecule has 2 aromatic carbocycles. The van der Waals surface area contributed by atoms with Crippen LogP contribution in [0.1, 0.15) is 11.1 Å². The number of benzene rings is 2. The van der Waals surface area contributed by atoms with E-state index >= 15 is 0 Å². The highest BCUT2D eigenvalue weighted by atomic mass is 15.0. The molecule has 0 saturated carbocycles. The summed E-state index contributed by atoms with van der Waals surface area (Å²) in [6.07, 6.45) is 0. The van der Waals surface area contributed by atoms with Crippen molar-refractivity contribution < 1.29 is 0 Å². The summed E-state index contributed by atoms with van der Waals surface area (Å²) < 4.78 is 0. The molecule has 5 heteroatoms. The third-order valence-electron chi connectivity index (χ3n) is 3.80. The van der Waals surface area contributed by atoms with Gasteiger partial charge in [0, 0.05) is 48.9 Å². The van der Waals surface area contributed by atoms with Crippen LogP contribution in [-0.4, -0.2) is 26.2 Å². The van der Waals surface area contributed by atoms with Crippen LogP contribution in [0.15, 0.2) is 36.4 Å². The SMILES string of the molecule is Cc1cc(NCCNCCNc2ccc(N)c(C)c2)ccc1N. The number of nitrogens with two attached hydrogens (primary N) is 2. The fourth-order valence-electron chi connectivity index (χ4n) is 2.29. The van der Waals surface area contributed by atoms with Gasteiger partial charge in [0.15, 0.2) is 0 Å². The Hall–Kier alpha value is -2.40. The molecule has 0 fully saturated rings. The Kier molecular flexibility index (Phi) is 6.11. The molecule has 0 aliphatic heterocycles. The zero-order valence-electron chi connectivity index (χ0n) is 13.9. The molecule has 0 amide bonds. The maximum atomic E-state index is 5.81. The van der Waals surface area contributed by atoms with Gasteiger partial charge in [-0.1, -0.05) is 0 Å². The molecule has 0 heterocycles. The van der Waals surface area contributed by atoms with Crippen molar-refractivity contribution in [3.8, 4) is 0 Å². The van der Waals surface area contributed by atoms with Crippen molar-refractivity contribution in [3.63, 3.8) is 0 Å². The minimum Gasteiger partial charge on any atom is -0.399 e. The molecule has 0 spiro atoms. The Morgan fingerprint density at radius 3 is 1.52 bits per heavy atom. The second-order valence-corrected chi connectivity index (χ2v) is 5.75. The van der Waals surface area contributed by atoms with Crippen molar-refractivity contribution in [2.24, 2.45) is 0 Å². The van der Waals surface area contributed by atoms with Gasteiger partial charge in [-0.25, -0.2) is 0 Å². The zero-order valence-corrected chi connectivity index (χ0v) is 13.9. The molecule has 0 aromatic heterocycles. The lowest BCUT2D eigenvalue weighted by Gasteiger charge is -2.11. The van der Waals surface area contributed by atoms with Crippen molar-refractivity contribution in [2.45, 2.75) is 13.8 Å². The topological polar surface area (TPSA) is 88.1 Å². The van der Waals surface area contributed by atoms with Crippen LogP contribution in [0.5, 0.6) is 0 Å². The summed E-state index contributed by atoms with van der Waals surface area (Å²) in [6, 6.07) is 12.0. The summed E-state index contributed by atoms with van der Waals surface area (Å²) in [4.78, 5) is 0. The van der Waals surface area contributed by atoms with Crippen LogP contribution in [0.25, 0.3) is 0 Å². The van der Waals surface area contributed by atoms with Crippen molar-refractivity contribution in [2.75, 3.05) is 48.3 Å². The van der Waals surface area contributed by atoms with Gasteiger partial charge < -0.3 is 27.4 Å². The van der Waals surface area contributed by atoms with E-state index in [0.717, 1.165) is 60.1 Å². The lowest BCUT2D eigenvalue weighted by atomic mass is 10.2. The summed E-state index contributed by atoms with van der Waals surface area (Å²) >= 11 is 0. The zero-order chi connectivity index (χ0) is 16.7. The van der Waals surface area contributed by atoms with Crippen molar-refractivity contribution in [3.05, 3.63) is 47.5 Å². The minimum absolute atomic E-state index is 0.831. The summed E-state index contributed by atoms with van der Waals surface area (Å²) in [5.41, 5.74) is 17.7. The van der Waals surface area contributed by atoms with Gasteiger partial charge in [-0.3, -0.25) is 0 Å². The number of anilines is 4. The van der Waals surface area contributed by atoms with Crippen LogP contribution in [0.4, 0.5) is 22.7 Å². The molecule has 0 radical (unpaired) electrons. The summed E-state index contributed by atoms with van der Waals surface area (Å²) in [7, 11) is 0. The molecule has 124 valence electrons. The molecule has 0 atom stereocenters. The number of hydrogen-bond acceptors (Lipinski definition) is 5. The molecule has 2 aromatic rings. The van der Waals surface area contributed by atoms with Crippen molar-refractivity contribution in [1.82, 2.24) is 5.32 Å². The predicted molar refractivity (Wildman–Crippen MR) is 101 cm³/mol. The number of aryl methyl sites for hydroxylation is 2. The first-order valence-corrected chi connectivity index (χ1v) is 7.97. The van der Waals surface area contributed by atoms with E-state index in [1.54, 1.807) is 0 Å². The molecule has 0 aliphatic rings. The summed E-state index contributed by atoms with van der Waals surface area (Å²) in [5.74, 6) is 0. The molecule has 0 aliphatic carbocycles. The molecule has 5 nitrogen and oxygen atoms in total. The third-order valence-corrected chi connectivity index (χ3v) is 3.80. The van der Waals surface area contributed by atoms with Crippen molar-refractivity contribution >= 4 is 22.7 Å². The Balaban J connectivity index is 1.58. The van der Waals surface area contributed by atoms with Gasteiger partial charge >= 0.3 is 0 Å². The second-order valence-electron chi connectivity index (χ2n) is 5.75. The van der Waals surface area contributed by atoms with Gasteiger partial charge in [0.05, 0.1) is 0 Å². The van der Waals surface area contributed by atoms with Crippen LogP contribution in [0.2, 0.25) is 0 Å². The largest absolute Gasteiger partial charge is 0.399 e. The standard InChI is InChI=1S/C18H27N5/c1-13-11-15(3-5-17(13)19)22-9-7-21-8-10-23-16-4-6-18(20)14(2)12-16/h3-6,11-12,21-23H,7-10,19-20H2,1-2H3. The van der Waals surface area contributed by atoms with Gasteiger partial charge in [-0.2, -0.15) is 0 Å². The molecule has 23 heavy (non-hydrogen) atoms. The van der Waals surface area contributed by atoms with E-state index in [-0.39, 0.29) is 0 Å². The number of rotatable bonds is 8. The van der Waals surface area contributed by atoms with E-state index in [1.165, 1.54) is 0 Å². The molecule has 2 rings (SSSR count). The van der Waals surface area contributed by atoms with E-state index in [0.29, 0.717) is 0 Å². The average molecular weight is 313 g/mol. The second kappa shape index (κ2) is 8.29. The van der Waals surface area contributed by atoms with Crippen LogP contribution in [0, 0.1) is 13.8 Å². The Labute approximate surface area is 138 Å². The van der Waals surface area contributed by atoms with E-state index in [2.05, 4.69) is 28.1 Å². The maximum absolute atomic E-state index is 5.81. The van der Waals surface area contributed by atoms with Gasteiger partial charge in [0.2, 0.25) is 0 Å². The number of hydrogen-bond donors (Lipinski definition) is 5. The lowest BCUT2D eigenvalue weighted by molar-refractivity contribution is 0.719. The van der Waals surface area contributed by atoms with Gasteiger partial charge in [0.25, 0.3) is 0 Å². The Morgan fingerprint density at radius 2 is 1.13 bits per heavy atom. The monoisotopic (exact) mass is 313 g/mol. The highest BCUT2D eigenvalue weighted by Crippen LogP contribution is 2.16. The number of nitrogen functional groups attached to an aromatic ring is 2. The fourth-order valence-corrected chi connectivity index (χ4v) is 2.29. The van der Waals surface area contributed by atoms with Gasteiger partial charge in [-0.15, -0.1) is 0 Å². The molecule has 7 N–H and O–H groups in total. The lowest BCUT2D eigenvalue weighted by Crippen LogP contribution is -2.27. The van der Waals surface area contributed by atoms with Crippen LogP contribution >= 0.6 is 0 Å². The minimum atomic E-state index is 0.831. The quantitative estimate of drug-likeness (QED) is 0.382. The first kappa shape index (κ1) is 17.0. The third kappa shape index (κ3) is 5.38. The van der Waals surface area contributed by atoms with Gasteiger partial charge in [-0.05, 0) is 61.4 Å².